The number of benzene rings is 3. The molecule has 0 aromatic heterocycles. The molecule has 232 valence electrons. The Kier molecular flexibility index (Phi) is 9.59. The van der Waals surface area contributed by atoms with Crippen LogP contribution in [0.2, 0.25) is 5.02 Å². The van der Waals surface area contributed by atoms with E-state index in [0.29, 0.717) is 0 Å². The highest BCUT2D eigenvalue weighted by Gasteiger charge is 2.73. The van der Waals surface area contributed by atoms with Crippen molar-refractivity contribution in [2.45, 2.75) is 38.5 Å². The molecule has 0 fully saturated rings. The Morgan fingerprint density at radius 1 is 0.953 bits per heavy atom. The zero-order valence-corrected chi connectivity index (χ0v) is 22.6. The number of alkyl halides is 9. The summed E-state index contributed by atoms with van der Waals surface area (Å²) in [6.45, 7) is -0.706. The first-order valence-electron chi connectivity index (χ1n) is 11.9. The number of anilines is 2. The summed E-state index contributed by atoms with van der Waals surface area (Å²) in [5.74, 6) is -5.02. The highest BCUT2D eigenvalue weighted by Crippen LogP contribution is 2.55. The van der Waals surface area contributed by atoms with Gasteiger partial charge < -0.3 is 15.0 Å². The quantitative estimate of drug-likeness (QED) is 0.250. The number of aryl methyl sites for hydroxylation is 1. The van der Waals surface area contributed by atoms with Crippen molar-refractivity contribution in [2.24, 2.45) is 0 Å². The highest BCUT2D eigenvalue weighted by atomic mass is 35.5. The van der Waals surface area contributed by atoms with Gasteiger partial charge in [0.2, 0.25) is 0 Å². The summed E-state index contributed by atoms with van der Waals surface area (Å²) in [4.78, 5) is 27.0. The Balaban J connectivity index is 2.07. The van der Waals surface area contributed by atoms with Crippen LogP contribution in [0.15, 0.2) is 54.6 Å². The van der Waals surface area contributed by atoms with Gasteiger partial charge in [0, 0.05) is 17.7 Å². The molecule has 0 unspecified atom stereocenters. The predicted octanol–water partition coefficient (Wildman–Crippen LogP) is 8.60. The van der Waals surface area contributed by atoms with E-state index in [1.165, 1.54) is 19.1 Å². The van der Waals surface area contributed by atoms with Crippen molar-refractivity contribution in [3.8, 4) is 5.75 Å². The number of carbonyl (C=O) groups excluding carboxylic acids is 2. The van der Waals surface area contributed by atoms with Crippen LogP contribution < -0.4 is 15.0 Å². The maximum absolute atomic E-state index is 15.6. The molecule has 5 nitrogen and oxygen atoms in total. The van der Waals surface area contributed by atoms with E-state index in [4.69, 9.17) is 11.6 Å². The summed E-state index contributed by atoms with van der Waals surface area (Å²) >= 11 is 5.73. The van der Waals surface area contributed by atoms with Gasteiger partial charge in [0.25, 0.3) is 11.8 Å². The van der Waals surface area contributed by atoms with Crippen LogP contribution in [-0.4, -0.2) is 37.3 Å². The first-order chi connectivity index (χ1) is 19.8. The Labute approximate surface area is 242 Å². The Hall–Kier alpha value is -4.01. The summed E-state index contributed by atoms with van der Waals surface area (Å²) in [5.41, 5.74) is -9.68. The standard InChI is InChI=1S/C27H19ClF10N2O3/c1-3-40(23(42)14-9-7-13(2)8-10-14)18-6-4-5-16(20(18)29)22(41)39-21-17(28)11-15(12-19(21)43-24(30)31)25(32,26(33,34)35)27(36,37)38/h4-12,24H,3H2,1-2H3,(H,39,41). The number of amides is 2. The van der Waals surface area contributed by atoms with Crippen LogP contribution in [-0.2, 0) is 5.67 Å². The van der Waals surface area contributed by atoms with Crippen LogP contribution in [0.4, 0.5) is 55.3 Å². The van der Waals surface area contributed by atoms with E-state index >= 15 is 4.39 Å². The van der Waals surface area contributed by atoms with Crippen molar-refractivity contribution in [1.29, 1.82) is 0 Å². The third-order valence-corrected chi connectivity index (χ3v) is 6.36. The molecular formula is C27H19ClF10N2O3. The minimum Gasteiger partial charge on any atom is -0.433 e. The number of nitrogens with zero attached hydrogens (tertiary/aromatic N) is 1. The smallest absolute Gasteiger partial charge is 0.433 e. The summed E-state index contributed by atoms with van der Waals surface area (Å²) in [7, 11) is 0. The van der Waals surface area contributed by atoms with Gasteiger partial charge in [-0.15, -0.1) is 0 Å². The van der Waals surface area contributed by atoms with E-state index in [-0.39, 0.29) is 24.2 Å². The van der Waals surface area contributed by atoms with Crippen molar-refractivity contribution in [1.82, 2.24) is 0 Å². The van der Waals surface area contributed by atoms with Gasteiger partial charge in [-0.2, -0.15) is 35.1 Å². The first-order valence-corrected chi connectivity index (χ1v) is 12.3. The van der Waals surface area contributed by atoms with E-state index in [1.807, 2.05) is 0 Å². The summed E-state index contributed by atoms with van der Waals surface area (Å²) in [6.07, 6.45) is -13.2. The number of halogens is 11. The van der Waals surface area contributed by atoms with E-state index < -0.39 is 75.5 Å². The predicted molar refractivity (Wildman–Crippen MR) is 136 cm³/mol. The zero-order chi connectivity index (χ0) is 32.5. The normalized spacial score (nSPS) is 12.3. The molecule has 3 rings (SSSR count). The van der Waals surface area contributed by atoms with Crippen molar-refractivity contribution in [3.63, 3.8) is 0 Å². The number of hydrogen-bond donors (Lipinski definition) is 1. The molecule has 0 radical (unpaired) electrons. The van der Waals surface area contributed by atoms with Gasteiger partial charge in [-0.3, -0.25) is 9.59 Å². The third-order valence-electron chi connectivity index (χ3n) is 6.06. The van der Waals surface area contributed by atoms with Gasteiger partial charge in [0.05, 0.1) is 16.3 Å². The van der Waals surface area contributed by atoms with E-state index in [2.05, 4.69) is 4.74 Å². The summed E-state index contributed by atoms with van der Waals surface area (Å²) in [5, 5.41) is 0.512. The lowest BCUT2D eigenvalue weighted by atomic mass is 9.93. The average molecular weight is 645 g/mol. The van der Waals surface area contributed by atoms with Crippen LogP contribution in [0, 0.1) is 12.7 Å². The minimum absolute atomic E-state index is 0.0856. The lowest BCUT2D eigenvalue weighted by Crippen LogP contribution is -2.50. The van der Waals surface area contributed by atoms with Crippen molar-refractivity contribution in [3.05, 3.63) is 87.7 Å². The Morgan fingerprint density at radius 3 is 2.05 bits per heavy atom. The molecular weight excluding hydrogens is 626 g/mol. The largest absolute Gasteiger partial charge is 0.435 e. The summed E-state index contributed by atoms with van der Waals surface area (Å²) < 4.78 is 140. The molecule has 43 heavy (non-hydrogen) atoms. The number of rotatable bonds is 8. The minimum atomic E-state index is -6.62. The SMILES string of the molecule is CCN(C(=O)c1ccc(C)cc1)c1cccc(C(=O)Nc2c(Cl)cc(C(F)(C(F)(F)F)C(F)(F)F)cc2OC(F)F)c1F. The average Bonchev–Trinajstić information content (AvgIpc) is 2.89. The maximum Gasteiger partial charge on any atom is 0.435 e. The van der Waals surface area contributed by atoms with E-state index in [1.54, 1.807) is 24.4 Å². The van der Waals surface area contributed by atoms with Crippen molar-refractivity contribution < 1.29 is 58.2 Å². The zero-order valence-electron chi connectivity index (χ0n) is 21.8. The van der Waals surface area contributed by atoms with E-state index in [0.717, 1.165) is 28.7 Å². The molecule has 3 aromatic rings. The topological polar surface area (TPSA) is 58.6 Å². The summed E-state index contributed by atoms with van der Waals surface area (Å²) in [6, 6.07) is 8.84. The van der Waals surface area contributed by atoms with Gasteiger partial charge in [0.15, 0.2) is 11.6 Å². The lowest BCUT2D eigenvalue weighted by Gasteiger charge is -2.31. The second-order valence-electron chi connectivity index (χ2n) is 8.87. The molecule has 0 saturated carbocycles. The molecule has 0 aliphatic heterocycles. The number of hydrogen-bond acceptors (Lipinski definition) is 3. The Bertz CT molecular complexity index is 1490. The molecule has 0 aliphatic carbocycles. The molecule has 0 atom stereocenters. The van der Waals surface area contributed by atoms with Crippen LogP contribution >= 0.6 is 11.6 Å². The van der Waals surface area contributed by atoms with Gasteiger partial charge in [-0.25, -0.2) is 8.78 Å². The molecule has 1 N–H and O–H groups in total. The first kappa shape index (κ1) is 33.5. The molecule has 2 amide bonds. The molecule has 0 bridgehead atoms. The molecule has 0 spiro atoms. The molecule has 0 saturated heterocycles. The molecule has 0 heterocycles. The van der Waals surface area contributed by atoms with Crippen molar-refractivity contribution in [2.75, 3.05) is 16.8 Å². The second-order valence-corrected chi connectivity index (χ2v) is 9.28. The molecule has 0 aliphatic rings. The van der Waals surface area contributed by atoms with Gasteiger partial charge in [-0.1, -0.05) is 35.4 Å². The van der Waals surface area contributed by atoms with E-state index in [9.17, 15) is 49.1 Å². The fourth-order valence-corrected chi connectivity index (χ4v) is 4.20. The number of carbonyl (C=O) groups is 2. The fourth-order valence-electron chi connectivity index (χ4n) is 3.94. The van der Waals surface area contributed by atoms with Gasteiger partial charge in [-0.05, 0) is 50.2 Å². The maximum atomic E-state index is 15.6. The third kappa shape index (κ3) is 6.65. The van der Waals surface area contributed by atoms with Crippen LogP contribution in [0.3, 0.4) is 0 Å². The lowest BCUT2D eigenvalue weighted by molar-refractivity contribution is -0.348. The Morgan fingerprint density at radius 2 is 1.53 bits per heavy atom. The monoisotopic (exact) mass is 644 g/mol. The second kappa shape index (κ2) is 12.3. The van der Waals surface area contributed by atoms with Crippen LogP contribution in [0.1, 0.15) is 38.8 Å². The highest BCUT2D eigenvalue weighted by molar-refractivity contribution is 6.34. The van der Waals surface area contributed by atoms with Gasteiger partial charge in [0.1, 0.15) is 5.69 Å². The number of ether oxygens (including phenoxy) is 1. The van der Waals surface area contributed by atoms with Crippen molar-refractivity contribution >= 4 is 34.8 Å². The van der Waals surface area contributed by atoms with Crippen LogP contribution in [0.25, 0.3) is 0 Å². The van der Waals surface area contributed by atoms with Gasteiger partial charge >= 0.3 is 24.6 Å². The molecule has 16 heteroatoms. The fraction of sp³-hybridized carbons (Fsp3) is 0.259. The molecule has 3 aromatic carbocycles. The number of nitrogens with one attached hydrogen (secondary N) is 1. The van der Waals surface area contributed by atoms with Crippen LogP contribution in [0.5, 0.6) is 5.75 Å².